The third-order valence-corrected chi connectivity index (χ3v) is 6.26. The van der Waals surface area contributed by atoms with Gasteiger partial charge in [-0.2, -0.15) is 9.97 Å². The van der Waals surface area contributed by atoms with Crippen molar-refractivity contribution in [3.63, 3.8) is 0 Å². The maximum atomic E-state index is 16.0. The van der Waals surface area contributed by atoms with Crippen LogP contribution in [0.25, 0.3) is 22.2 Å². The van der Waals surface area contributed by atoms with Crippen LogP contribution in [0.1, 0.15) is 31.2 Å². The normalized spacial score (nSPS) is 16.6. The van der Waals surface area contributed by atoms with Crippen molar-refractivity contribution in [2.24, 2.45) is 0 Å². The van der Waals surface area contributed by atoms with Gasteiger partial charge in [0.2, 0.25) is 5.88 Å². The molecule has 33 heavy (non-hydrogen) atoms. The number of rotatable bonds is 5. The summed E-state index contributed by atoms with van der Waals surface area (Å²) in [5.74, 6) is -0.738. The van der Waals surface area contributed by atoms with E-state index in [2.05, 4.69) is 15.0 Å². The van der Waals surface area contributed by atoms with Gasteiger partial charge in [0.25, 0.3) is 6.43 Å². The van der Waals surface area contributed by atoms with Crippen LogP contribution in [0, 0.1) is 5.82 Å². The van der Waals surface area contributed by atoms with Gasteiger partial charge in [-0.3, -0.25) is 0 Å². The number of alkyl halides is 2. The number of hydrogen-bond acceptors (Lipinski definition) is 7. The summed E-state index contributed by atoms with van der Waals surface area (Å²) >= 11 is 6.39. The zero-order chi connectivity index (χ0) is 23.4. The minimum atomic E-state index is -2.67. The van der Waals surface area contributed by atoms with Crippen LogP contribution in [0.15, 0.2) is 12.1 Å². The van der Waals surface area contributed by atoms with Gasteiger partial charge in [-0.05, 0) is 43.4 Å². The standard InChI is InChI=1S/C22H20ClF3N4O3/c1-9(19(25)26)30-5-6-33-21-15-18(28-22(32-2)29-20(15)30)16(24)17(27-21)12-7-11(31)8-13(23)14(12)10-3-4-10/h7-10,19,31H,3-6H2,1-2H3. The zero-order valence-electron chi connectivity index (χ0n) is 17.8. The topological polar surface area (TPSA) is 80.6 Å². The maximum Gasteiger partial charge on any atom is 0.318 e. The lowest BCUT2D eigenvalue weighted by Gasteiger charge is -2.28. The molecule has 1 aromatic carbocycles. The Balaban J connectivity index is 1.81. The number of ether oxygens (including phenoxy) is 2. The number of hydrogen-bond donors (Lipinski definition) is 1. The SMILES string of the molecule is COc1nc2c3c(nc(-c4cc(O)cc(Cl)c4C4CC4)c(F)c3n1)OCCN2C(C)C(F)F. The van der Waals surface area contributed by atoms with Crippen LogP contribution in [-0.4, -0.2) is 52.8 Å². The van der Waals surface area contributed by atoms with Gasteiger partial charge in [-0.25, -0.2) is 18.2 Å². The number of pyridine rings is 1. The van der Waals surface area contributed by atoms with Crippen molar-refractivity contribution in [2.45, 2.75) is 38.2 Å². The molecule has 7 nitrogen and oxygen atoms in total. The molecule has 1 aliphatic heterocycles. The number of methoxy groups -OCH3 is 1. The minimum absolute atomic E-state index is 0.0178. The molecule has 11 heteroatoms. The number of halogens is 4. The highest BCUT2D eigenvalue weighted by Crippen LogP contribution is 2.50. The smallest absolute Gasteiger partial charge is 0.318 e. The van der Waals surface area contributed by atoms with Crippen molar-refractivity contribution >= 4 is 28.3 Å². The summed E-state index contributed by atoms with van der Waals surface area (Å²) in [7, 11) is 1.31. The number of aromatic nitrogens is 3. The molecule has 1 N–H and O–H groups in total. The van der Waals surface area contributed by atoms with Crippen molar-refractivity contribution in [1.29, 1.82) is 0 Å². The lowest BCUT2D eigenvalue weighted by Crippen LogP contribution is -2.40. The maximum absolute atomic E-state index is 16.0. The predicted octanol–water partition coefficient (Wildman–Crippen LogP) is 4.93. The first kappa shape index (κ1) is 21.8. The summed E-state index contributed by atoms with van der Waals surface area (Å²) in [6.45, 7) is 1.46. The summed E-state index contributed by atoms with van der Waals surface area (Å²) in [4.78, 5) is 14.1. The fourth-order valence-electron chi connectivity index (χ4n) is 4.15. The molecule has 3 heterocycles. The average Bonchev–Trinajstić information content (AvgIpc) is 3.62. The lowest BCUT2D eigenvalue weighted by atomic mass is 9.98. The first-order valence-corrected chi connectivity index (χ1v) is 10.8. The summed E-state index contributed by atoms with van der Waals surface area (Å²) in [6.07, 6.45) is -0.900. The van der Waals surface area contributed by atoms with E-state index in [0.29, 0.717) is 16.1 Å². The third-order valence-electron chi connectivity index (χ3n) is 5.95. The molecule has 0 bridgehead atoms. The van der Waals surface area contributed by atoms with E-state index in [1.54, 1.807) is 0 Å². The summed E-state index contributed by atoms with van der Waals surface area (Å²) in [5.41, 5.74) is 0.754. The van der Waals surface area contributed by atoms with E-state index in [1.807, 2.05) is 0 Å². The molecule has 1 atom stereocenters. The van der Waals surface area contributed by atoms with Crippen molar-refractivity contribution in [3.8, 4) is 28.9 Å². The van der Waals surface area contributed by atoms with Crippen molar-refractivity contribution in [2.75, 3.05) is 25.2 Å². The van der Waals surface area contributed by atoms with Gasteiger partial charge in [0.1, 0.15) is 34.8 Å². The highest BCUT2D eigenvalue weighted by Gasteiger charge is 2.35. The molecular weight excluding hydrogens is 461 g/mol. The summed E-state index contributed by atoms with van der Waals surface area (Å²) in [6, 6.07) is 1.43. The van der Waals surface area contributed by atoms with Crippen LogP contribution in [0.3, 0.4) is 0 Å². The molecule has 5 rings (SSSR count). The van der Waals surface area contributed by atoms with Crippen LogP contribution in [-0.2, 0) is 0 Å². The average molecular weight is 481 g/mol. The number of phenols is 1. The quantitative estimate of drug-likeness (QED) is 0.554. The van der Waals surface area contributed by atoms with Crippen molar-refractivity contribution in [3.05, 3.63) is 28.5 Å². The minimum Gasteiger partial charge on any atom is -0.508 e. The number of nitrogens with zero attached hydrogens (tertiary/aromatic N) is 4. The van der Waals surface area contributed by atoms with Crippen LogP contribution < -0.4 is 14.4 Å². The van der Waals surface area contributed by atoms with E-state index in [1.165, 1.54) is 31.1 Å². The number of aromatic hydroxyl groups is 1. The van der Waals surface area contributed by atoms with Crippen molar-refractivity contribution < 1.29 is 27.8 Å². The van der Waals surface area contributed by atoms with Crippen LogP contribution >= 0.6 is 11.6 Å². The Hall–Kier alpha value is -3.01. The first-order chi connectivity index (χ1) is 15.8. The predicted molar refractivity (Wildman–Crippen MR) is 116 cm³/mol. The Labute approximate surface area is 192 Å². The largest absolute Gasteiger partial charge is 0.508 e. The molecule has 3 aromatic rings. The van der Waals surface area contributed by atoms with Gasteiger partial charge in [-0.15, -0.1) is 0 Å². The van der Waals surface area contributed by atoms with Gasteiger partial charge in [0, 0.05) is 10.6 Å². The second-order valence-corrected chi connectivity index (χ2v) is 8.52. The molecule has 1 unspecified atom stereocenters. The Bertz CT molecular complexity index is 1260. The molecule has 2 aliphatic rings. The van der Waals surface area contributed by atoms with Gasteiger partial charge >= 0.3 is 6.01 Å². The molecule has 174 valence electrons. The second kappa shape index (κ2) is 8.09. The second-order valence-electron chi connectivity index (χ2n) is 8.12. The van der Waals surface area contributed by atoms with Crippen molar-refractivity contribution in [1.82, 2.24) is 15.0 Å². The molecular formula is C22H20ClF3N4O3. The van der Waals surface area contributed by atoms with Crippen LogP contribution in [0.5, 0.6) is 17.6 Å². The van der Waals surface area contributed by atoms with Gasteiger partial charge in [0.05, 0.1) is 19.7 Å². The van der Waals surface area contributed by atoms with E-state index in [0.717, 1.165) is 12.8 Å². The molecule has 1 fully saturated rings. The first-order valence-electron chi connectivity index (χ1n) is 10.5. The molecule has 0 saturated heterocycles. The molecule has 1 aliphatic carbocycles. The fourth-order valence-corrected chi connectivity index (χ4v) is 4.52. The highest BCUT2D eigenvalue weighted by atomic mass is 35.5. The third kappa shape index (κ3) is 3.66. The number of phenolic OH excluding ortho intramolecular Hbond substituents is 1. The van der Waals surface area contributed by atoms with E-state index in [9.17, 15) is 13.9 Å². The number of anilines is 1. The Morgan fingerprint density at radius 2 is 2.00 bits per heavy atom. The number of benzene rings is 1. The Morgan fingerprint density at radius 1 is 1.24 bits per heavy atom. The van der Waals surface area contributed by atoms with E-state index < -0.39 is 18.3 Å². The zero-order valence-corrected chi connectivity index (χ0v) is 18.5. The van der Waals surface area contributed by atoms with Crippen LogP contribution in [0.4, 0.5) is 19.0 Å². The van der Waals surface area contributed by atoms with Crippen LogP contribution in [0.2, 0.25) is 5.02 Å². The van der Waals surface area contributed by atoms with Gasteiger partial charge in [-0.1, -0.05) is 11.6 Å². The fraction of sp³-hybridized carbons (Fsp3) is 0.409. The molecule has 1 saturated carbocycles. The highest BCUT2D eigenvalue weighted by molar-refractivity contribution is 6.32. The monoisotopic (exact) mass is 480 g/mol. The molecule has 2 aromatic heterocycles. The molecule has 0 amide bonds. The molecule has 0 spiro atoms. The van der Waals surface area contributed by atoms with E-state index >= 15 is 4.39 Å². The molecule has 0 radical (unpaired) electrons. The van der Waals surface area contributed by atoms with Gasteiger partial charge in [0.15, 0.2) is 5.82 Å². The van der Waals surface area contributed by atoms with E-state index in [-0.39, 0.29) is 59.1 Å². The van der Waals surface area contributed by atoms with Gasteiger partial charge < -0.3 is 19.5 Å². The Morgan fingerprint density at radius 3 is 2.67 bits per heavy atom. The lowest BCUT2D eigenvalue weighted by molar-refractivity contribution is 0.117. The summed E-state index contributed by atoms with van der Waals surface area (Å²) in [5, 5.41) is 10.6. The Kier molecular flexibility index (Phi) is 5.35. The summed E-state index contributed by atoms with van der Waals surface area (Å²) < 4.78 is 54.0. The van der Waals surface area contributed by atoms with E-state index in [4.69, 9.17) is 21.1 Å².